The number of hydrogen-bond donors (Lipinski definition) is 1. The van der Waals surface area contributed by atoms with Crippen LogP contribution < -0.4 is 4.74 Å². The van der Waals surface area contributed by atoms with Crippen molar-refractivity contribution >= 4 is 23.1 Å². The molecule has 0 aliphatic carbocycles. The molecule has 4 rings (SSSR count). The second-order valence-corrected chi connectivity index (χ2v) is 10.5. The number of Topliss-reactive ketones (excluding diaryl/α,β-unsaturated/α-hetero) is 1. The van der Waals surface area contributed by atoms with Crippen molar-refractivity contribution < 1.29 is 19.4 Å². The van der Waals surface area contributed by atoms with Gasteiger partial charge in [-0.1, -0.05) is 45.9 Å². The summed E-state index contributed by atoms with van der Waals surface area (Å²) >= 11 is 0. The fourth-order valence-corrected chi connectivity index (χ4v) is 5.17. The maximum Gasteiger partial charge on any atom is 0.295 e. The van der Waals surface area contributed by atoms with Crippen LogP contribution in [0.15, 0.2) is 54.2 Å². The number of aliphatic hydroxyl groups excluding tert-OH is 1. The Hall–Kier alpha value is -3.65. The standard InChI is InChI=1S/C31H40N4O4/c1-6-33(7-2)16-11-18-35-28(23-12-10-13-24(20-23)39-19-15-21(3)4)26(30(37)31(35)38)29(36)27-22(5)32-25-14-8-9-17-34(25)27/h8-10,12-14,17,20-21,28,36H,6-7,11,15-16,18-19H2,1-5H3. The number of rotatable bonds is 12. The minimum Gasteiger partial charge on any atom is -0.505 e. The summed E-state index contributed by atoms with van der Waals surface area (Å²) in [6, 6.07) is 12.3. The first-order valence-electron chi connectivity index (χ1n) is 13.9. The molecule has 0 saturated carbocycles. The van der Waals surface area contributed by atoms with Gasteiger partial charge in [-0.25, -0.2) is 4.98 Å². The molecule has 1 amide bonds. The number of carbonyl (C=O) groups excluding carboxylic acids is 2. The molecule has 1 aliphatic heterocycles. The van der Waals surface area contributed by atoms with Crippen LogP contribution in [0.4, 0.5) is 0 Å². The summed E-state index contributed by atoms with van der Waals surface area (Å²) in [6.07, 6.45) is 3.43. The second kappa shape index (κ2) is 12.5. The monoisotopic (exact) mass is 532 g/mol. The maximum absolute atomic E-state index is 13.5. The first-order valence-corrected chi connectivity index (χ1v) is 13.9. The number of carbonyl (C=O) groups is 2. The Kier molecular flexibility index (Phi) is 9.07. The van der Waals surface area contributed by atoms with E-state index in [1.165, 1.54) is 0 Å². The topological polar surface area (TPSA) is 87.4 Å². The summed E-state index contributed by atoms with van der Waals surface area (Å²) in [5.41, 5.74) is 2.46. The van der Waals surface area contributed by atoms with Crippen molar-refractivity contribution in [2.75, 3.05) is 32.8 Å². The molecule has 8 nitrogen and oxygen atoms in total. The van der Waals surface area contributed by atoms with Gasteiger partial charge in [-0.2, -0.15) is 0 Å². The molecule has 1 N–H and O–H groups in total. The number of pyridine rings is 1. The zero-order chi connectivity index (χ0) is 28.1. The van der Waals surface area contributed by atoms with Gasteiger partial charge in [0.25, 0.3) is 11.7 Å². The number of aromatic nitrogens is 2. The summed E-state index contributed by atoms with van der Waals surface area (Å²) in [5.74, 6) is -0.310. The minimum atomic E-state index is -0.732. The van der Waals surface area contributed by atoms with Gasteiger partial charge in [0.05, 0.1) is 23.9 Å². The summed E-state index contributed by atoms with van der Waals surface area (Å²) in [7, 11) is 0. The highest BCUT2D eigenvalue weighted by molar-refractivity contribution is 6.46. The van der Waals surface area contributed by atoms with E-state index in [2.05, 4.69) is 37.6 Å². The lowest BCUT2D eigenvalue weighted by Gasteiger charge is -2.27. The summed E-state index contributed by atoms with van der Waals surface area (Å²) in [4.78, 5) is 35.4. The molecule has 0 spiro atoms. The molecule has 1 aliphatic rings. The molecule has 2 aromatic heterocycles. The van der Waals surface area contributed by atoms with Crippen LogP contribution in [0.1, 0.15) is 63.5 Å². The smallest absolute Gasteiger partial charge is 0.295 e. The fraction of sp³-hybridized carbons (Fsp3) is 0.452. The molecular weight excluding hydrogens is 492 g/mol. The zero-order valence-corrected chi connectivity index (χ0v) is 23.7. The van der Waals surface area contributed by atoms with Gasteiger partial charge in [0.15, 0.2) is 5.76 Å². The summed E-state index contributed by atoms with van der Waals surface area (Å²) in [6.45, 7) is 13.9. The molecule has 8 heteroatoms. The van der Waals surface area contributed by atoms with Crippen molar-refractivity contribution in [3.8, 4) is 5.75 Å². The number of benzene rings is 1. The third-order valence-corrected chi connectivity index (χ3v) is 7.37. The molecule has 3 heterocycles. The molecule has 1 aromatic carbocycles. The van der Waals surface area contributed by atoms with Crippen molar-refractivity contribution in [1.82, 2.24) is 19.2 Å². The van der Waals surface area contributed by atoms with Crippen LogP contribution >= 0.6 is 0 Å². The number of aliphatic hydroxyl groups is 1. The van der Waals surface area contributed by atoms with Crippen molar-refractivity contribution in [3.05, 3.63) is 71.2 Å². The van der Waals surface area contributed by atoms with Crippen molar-refractivity contribution in [1.29, 1.82) is 0 Å². The van der Waals surface area contributed by atoms with Gasteiger partial charge in [0, 0.05) is 12.7 Å². The highest BCUT2D eigenvalue weighted by Gasteiger charge is 2.46. The Morgan fingerprint density at radius 2 is 1.90 bits per heavy atom. The van der Waals surface area contributed by atoms with Gasteiger partial charge in [0.2, 0.25) is 0 Å². The van der Waals surface area contributed by atoms with E-state index in [1.54, 1.807) is 22.4 Å². The quantitative estimate of drug-likeness (QED) is 0.195. The molecule has 1 atom stereocenters. The van der Waals surface area contributed by atoms with Gasteiger partial charge >= 0.3 is 0 Å². The number of imidazole rings is 1. The van der Waals surface area contributed by atoms with Crippen LogP contribution in [0.3, 0.4) is 0 Å². The van der Waals surface area contributed by atoms with Crippen molar-refractivity contribution in [3.63, 3.8) is 0 Å². The Bertz CT molecular complexity index is 1360. The second-order valence-electron chi connectivity index (χ2n) is 10.5. The largest absolute Gasteiger partial charge is 0.505 e. The van der Waals surface area contributed by atoms with Gasteiger partial charge in [0.1, 0.15) is 17.1 Å². The Morgan fingerprint density at radius 3 is 2.62 bits per heavy atom. The fourth-order valence-electron chi connectivity index (χ4n) is 5.17. The number of ketones is 1. The SMILES string of the molecule is CCN(CC)CCCN1C(=O)C(=O)C(=C(O)c2c(C)nc3ccccn23)C1c1cccc(OCCC(C)C)c1. The first-order chi connectivity index (χ1) is 18.8. The maximum atomic E-state index is 13.5. The molecule has 0 radical (unpaired) electrons. The van der Waals surface area contributed by atoms with Crippen molar-refractivity contribution in [2.24, 2.45) is 5.92 Å². The van der Waals surface area contributed by atoms with Gasteiger partial charge < -0.3 is 19.6 Å². The third kappa shape index (κ3) is 6.01. The molecule has 3 aromatic rings. The van der Waals surface area contributed by atoms with E-state index in [0.717, 1.165) is 31.6 Å². The number of hydrogen-bond acceptors (Lipinski definition) is 6. The molecule has 1 saturated heterocycles. The molecule has 1 fully saturated rings. The first kappa shape index (κ1) is 28.4. The Balaban J connectivity index is 1.78. The van der Waals surface area contributed by atoms with E-state index in [1.807, 2.05) is 42.5 Å². The molecule has 208 valence electrons. The predicted octanol–water partition coefficient (Wildman–Crippen LogP) is 5.22. The third-order valence-electron chi connectivity index (χ3n) is 7.37. The van der Waals surface area contributed by atoms with Gasteiger partial charge in [-0.05, 0) is 75.1 Å². The minimum absolute atomic E-state index is 0.0796. The molecule has 1 unspecified atom stereocenters. The highest BCUT2D eigenvalue weighted by Crippen LogP contribution is 2.41. The molecule has 0 bridgehead atoms. The van der Waals surface area contributed by atoms with Crippen LogP contribution in [-0.4, -0.2) is 68.8 Å². The number of nitrogens with zero attached hydrogens (tertiary/aromatic N) is 4. The zero-order valence-electron chi connectivity index (χ0n) is 23.7. The van der Waals surface area contributed by atoms with Crippen LogP contribution in [0.5, 0.6) is 5.75 Å². The van der Waals surface area contributed by atoms with Crippen molar-refractivity contribution in [2.45, 2.75) is 53.5 Å². The molecule has 39 heavy (non-hydrogen) atoms. The normalized spacial score (nSPS) is 17.2. The van der Waals surface area contributed by atoms with Crippen LogP contribution in [0.25, 0.3) is 11.4 Å². The number of ether oxygens (including phenoxy) is 1. The number of likely N-dealkylation sites (tertiary alicyclic amines) is 1. The average Bonchev–Trinajstić information content (AvgIpc) is 3.39. The summed E-state index contributed by atoms with van der Waals surface area (Å²) in [5, 5.41) is 11.7. The Morgan fingerprint density at radius 1 is 1.13 bits per heavy atom. The predicted molar refractivity (Wildman–Crippen MR) is 153 cm³/mol. The lowest BCUT2D eigenvalue weighted by molar-refractivity contribution is -0.140. The van der Waals surface area contributed by atoms with E-state index in [4.69, 9.17) is 4.74 Å². The van der Waals surface area contributed by atoms with E-state index >= 15 is 0 Å². The van der Waals surface area contributed by atoms with Crippen LogP contribution in [0, 0.1) is 12.8 Å². The number of amides is 1. The van der Waals surface area contributed by atoms with E-state index in [0.29, 0.717) is 48.3 Å². The number of aryl methyl sites for hydroxylation is 1. The summed E-state index contributed by atoms with van der Waals surface area (Å²) < 4.78 is 7.76. The molecular formula is C31H40N4O4. The van der Waals surface area contributed by atoms with Crippen LogP contribution in [0.2, 0.25) is 0 Å². The lowest BCUT2D eigenvalue weighted by atomic mass is 9.96. The average molecular weight is 533 g/mol. The van der Waals surface area contributed by atoms with E-state index in [9.17, 15) is 14.7 Å². The Labute approximate surface area is 230 Å². The van der Waals surface area contributed by atoms with E-state index in [-0.39, 0.29) is 11.3 Å². The van der Waals surface area contributed by atoms with Gasteiger partial charge in [-0.3, -0.25) is 14.0 Å². The lowest BCUT2D eigenvalue weighted by Crippen LogP contribution is -2.33. The van der Waals surface area contributed by atoms with E-state index < -0.39 is 17.7 Å². The van der Waals surface area contributed by atoms with Crippen LogP contribution in [-0.2, 0) is 9.59 Å². The van der Waals surface area contributed by atoms with Gasteiger partial charge in [-0.15, -0.1) is 0 Å². The highest BCUT2D eigenvalue weighted by atomic mass is 16.5. The number of fused-ring (bicyclic) bond motifs is 1.